The molecule has 1 unspecified atom stereocenters. The van der Waals surface area contributed by atoms with Crippen LogP contribution >= 0.6 is 0 Å². The van der Waals surface area contributed by atoms with E-state index >= 15 is 0 Å². The van der Waals surface area contributed by atoms with Crippen molar-refractivity contribution in [3.05, 3.63) is 0 Å². The number of unbranched alkanes of at least 4 members (excludes halogenated alkanes) is 1. The average Bonchev–Trinajstić information content (AvgIpc) is 2.43. The van der Waals surface area contributed by atoms with E-state index in [1.807, 2.05) is 4.90 Å². The summed E-state index contributed by atoms with van der Waals surface area (Å²) in [6.07, 6.45) is 2.80. The molecule has 1 saturated heterocycles. The minimum atomic E-state index is -0.728. The van der Waals surface area contributed by atoms with Crippen molar-refractivity contribution in [2.45, 2.75) is 40.0 Å². The molecule has 1 heterocycles. The van der Waals surface area contributed by atoms with E-state index in [2.05, 4.69) is 6.92 Å². The monoisotopic (exact) mass is 197 g/mol. The Morgan fingerprint density at radius 1 is 1.57 bits per heavy atom. The van der Waals surface area contributed by atoms with E-state index in [0.717, 1.165) is 25.9 Å². The summed E-state index contributed by atoms with van der Waals surface area (Å²) >= 11 is 0. The third-order valence-electron chi connectivity index (χ3n) is 3.20. The maximum absolute atomic E-state index is 11.9. The lowest BCUT2D eigenvalue weighted by Gasteiger charge is -2.20. The number of amides is 1. The summed E-state index contributed by atoms with van der Waals surface area (Å²) in [6.45, 7) is 6.93. The number of carbonyl (C=O) groups is 2. The summed E-state index contributed by atoms with van der Waals surface area (Å²) in [5, 5.41) is 0. The van der Waals surface area contributed by atoms with Crippen LogP contribution in [0.3, 0.4) is 0 Å². The van der Waals surface area contributed by atoms with E-state index < -0.39 is 5.41 Å². The van der Waals surface area contributed by atoms with Crippen molar-refractivity contribution < 1.29 is 9.59 Å². The van der Waals surface area contributed by atoms with Gasteiger partial charge in [0.25, 0.3) is 0 Å². The molecule has 80 valence electrons. The number of likely N-dealkylation sites (tertiary alicyclic amines) is 1. The number of Topliss-reactive ketones (excluding diaryl/α,β-unsaturated/α-hetero) is 1. The lowest BCUT2D eigenvalue weighted by atomic mass is 9.85. The second-order valence-electron chi connectivity index (χ2n) is 4.28. The Labute approximate surface area is 85.5 Å². The first kappa shape index (κ1) is 11.2. The fraction of sp³-hybridized carbons (Fsp3) is 0.818. The molecule has 0 saturated carbocycles. The van der Waals surface area contributed by atoms with Gasteiger partial charge in [0.05, 0.1) is 0 Å². The molecule has 14 heavy (non-hydrogen) atoms. The molecule has 1 fully saturated rings. The van der Waals surface area contributed by atoms with Crippen molar-refractivity contribution in [1.29, 1.82) is 0 Å². The Bertz CT molecular complexity index is 250. The fourth-order valence-corrected chi connectivity index (χ4v) is 1.80. The molecular weight excluding hydrogens is 178 g/mol. The molecule has 0 spiro atoms. The number of nitrogens with zero attached hydrogens (tertiary/aromatic N) is 1. The average molecular weight is 197 g/mol. The number of ketones is 1. The maximum Gasteiger partial charge on any atom is 0.236 e. The molecule has 1 rings (SSSR count). The summed E-state index contributed by atoms with van der Waals surface area (Å²) in [6, 6.07) is 0. The molecular formula is C11H19NO2. The highest BCUT2D eigenvalue weighted by Gasteiger charge is 2.45. The van der Waals surface area contributed by atoms with Gasteiger partial charge in [-0.15, -0.1) is 0 Å². The first-order chi connectivity index (χ1) is 6.52. The zero-order valence-electron chi connectivity index (χ0n) is 9.30. The fourth-order valence-electron chi connectivity index (χ4n) is 1.80. The molecule has 1 atom stereocenters. The van der Waals surface area contributed by atoms with Crippen molar-refractivity contribution in [2.75, 3.05) is 13.1 Å². The summed E-state index contributed by atoms with van der Waals surface area (Å²) in [7, 11) is 0. The molecule has 0 aromatic rings. The van der Waals surface area contributed by atoms with Crippen LogP contribution in [0.15, 0.2) is 0 Å². The van der Waals surface area contributed by atoms with Gasteiger partial charge in [-0.3, -0.25) is 9.59 Å². The van der Waals surface area contributed by atoms with E-state index in [9.17, 15) is 9.59 Å². The predicted molar refractivity (Wildman–Crippen MR) is 54.9 cm³/mol. The molecule has 1 amide bonds. The standard InChI is InChI=1S/C11H19NO2/c1-4-5-7-12-8-6-11(3,9(2)13)10(12)14/h4-8H2,1-3H3. The van der Waals surface area contributed by atoms with Crippen molar-refractivity contribution >= 4 is 11.7 Å². The highest BCUT2D eigenvalue weighted by molar-refractivity contribution is 6.05. The largest absolute Gasteiger partial charge is 0.342 e. The van der Waals surface area contributed by atoms with Gasteiger partial charge in [-0.1, -0.05) is 13.3 Å². The Morgan fingerprint density at radius 3 is 2.64 bits per heavy atom. The molecule has 0 aromatic carbocycles. The van der Waals surface area contributed by atoms with Gasteiger partial charge in [-0.2, -0.15) is 0 Å². The van der Waals surface area contributed by atoms with E-state index in [1.165, 1.54) is 6.92 Å². The van der Waals surface area contributed by atoms with Gasteiger partial charge in [-0.05, 0) is 26.7 Å². The Hall–Kier alpha value is -0.860. The van der Waals surface area contributed by atoms with Crippen LogP contribution in [0.25, 0.3) is 0 Å². The van der Waals surface area contributed by atoms with Crippen molar-refractivity contribution in [3.63, 3.8) is 0 Å². The minimum Gasteiger partial charge on any atom is -0.342 e. The van der Waals surface area contributed by atoms with Gasteiger partial charge in [0.1, 0.15) is 11.2 Å². The van der Waals surface area contributed by atoms with Crippen LogP contribution in [-0.4, -0.2) is 29.7 Å². The van der Waals surface area contributed by atoms with Crippen molar-refractivity contribution in [3.8, 4) is 0 Å². The molecule has 0 bridgehead atoms. The quantitative estimate of drug-likeness (QED) is 0.642. The molecule has 3 nitrogen and oxygen atoms in total. The number of rotatable bonds is 4. The molecule has 0 aromatic heterocycles. The van der Waals surface area contributed by atoms with Gasteiger partial charge in [0.15, 0.2) is 0 Å². The zero-order chi connectivity index (χ0) is 10.8. The van der Waals surface area contributed by atoms with Gasteiger partial charge in [-0.25, -0.2) is 0 Å². The van der Waals surface area contributed by atoms with Gasteiger partial charge < -0.3 is 4.90 Å². The third-order valence-corrected chi connectivity index (χ3v) is 3.20. The SMILES string of the molecule is CCCCN1CCC(C)(C(C)=O)C1=O. The Morgan fingerprint density at radius 2 is 2.21 bits per heavy atom. The molecule has 3 heteroatoms. The van der Waals surface area contributed by atoms with Gasteiger partial charge in [0.2, 0.25) is 5.91 Å². The summed E-state index contributed by atoms with van der Waals surface area (Å²) in [4.78, 5) is 25.1. The van der Waals surface area contributed by atoms with Crippen LogP contribution in [0, 0.1) is 5.41 Å². The third kappa shape index (κ3) is 1.81. The number of carbonyl (C=O) groups excluding carboxylic acids is 2. The lowest BCUT2D eigenvalue weighted by Crippen LogP contribution is -2.37. The lowest BCUT2D eigenvalue weighted by molar-refractivity contribution is -0.142. The summed E-state index contributed by atoms with van der Waals surface area (Å²) in [5.74, 6) is 0.0277. The highest BCUT2D eigenvalue weighted by Crippen LogP contribution is 2.32. The second-order valence-corrected chi connectivity index (χ2v) is 4.28. The summed E-state index contributed by atoms with van der Waals surface area (Å²) < 4.78 is 0. The van der Waals surface area contributed by atoms with Crippen LogP contribution in [-0.2, 0) is 9.59 Å². The first-order valence-corrected chi connectivity index (χ1v) is 5.32. The number of hydrogen-bond acceptors (Lipinski definition) is 2. The van der Waals surface area contributed by atoms with Crippen molar-refractivity contribution in [1.82, 2.24) is 4.90 Å². The zero-order valence-corrected chi connectivity index (χ0v) is 9.30. The molecule has 0 N–H and O–H groups in total. The number of hydrogen-bond donors (Lipinski definition) is 0. The Balaban J connectivity index is 2.64. The van der Waals surface area contributed by atoms with Crippen LogP contribution in [0.1, 0.15) is 40.0 Å². The van der Waals surface area contributed by atoms with E-state index in [0.29, 0.717) is 6.42 Å². The maximum atomic E-state index is 11.9. The molecule has 1 aliphatic rings. The minimum absolute atomic E-state index is 0.00139. The highest BCUT2D eigenvalue weighted by atomic mass is 16.2. The molecule has 0 radical (unpaired) electrons. The topological polar surface area (TPSA) is 37.4 Å². The van der Waals surface area contributed by atoms with Crippen molar-refractivity contribution in [2.24, 2.45) is 5.41 Å². The van der Waals surface area contributed by atoms with Gasteiger partial charge >= 0.3 is 0 Å². The van der Waals surface area contributed by atoms with E-state index in [1.54, 1.807) is 6.92 Å². The predicted octanol–water partition coefficient (Wildman–Crippen LogP) is 1.61. The van der Waals surface area contributed by atoms with Crippen LogP contribution in [0.2, 0.25) is 0 Å². The van der Waals surface area contributed by atoms with Crippen LogP contribution in [0.4, 0.5) is 0 Å². The second kappa shape index (κ2) is 4.11. The van der Waals surface area contributed by atoms with E-state index in [-0.39, 0.29) is 11.7 Å². The Kier molecular flexibility index (Phi) is 3.29. The summed E-state index contributed by atoms with van der Waals surface area (Å²) in [5.41, 5.74) is -0.728. The normalized spacial score (nSPS) is 27.1. The molecule has 0 aliphatic carbocycles. The smallest absolute Gasteiger partial charge is 0.236 e. The van der Waals surface area contributed by atoms with E-state index in [4.69, 9.17) is 0 Å². The molecule has 1 aliphatic heterocycles. The van der Waals surface area contributed by atoms with Gasteiger partial charge in [0, 0.05) is 13.1 Å². The van der Waals surface area contributed by atoms with Crippen LogP contribution in [0.5, 0.6) is 0 Å². The first-order valence-electron chi connectivity index (χ1n) is 5.32. The van der Waals surface area contributed by atoms with Crippen LogP contribution < -0.4 is 0 Å².